The number of carboxylic acid groups (broad SMARTS) is 1. The third-order valence-corrected chi connectivity index (χ3v) is 7.19. The Morgan fingerprint density at radius 3 is 2.77 bits per heavy atom. The first-order valence-corrected chi connectivity index (χ1v) is 14.3. The highest BCUT2D eigenvalue weighted by molar-refractivity contribution is 5.66. The molecule has 0 saturated heterocycles. The van der Waals surface area contributed by atoms with E-state index >= 15 is 0 Å². The number of unbranched alkanes of at least 4 members (excludes halogenated alkanes) is 1. The van der Waals surface area contributed by atoms with Gasteiger partial charge in [-0.1, -0.05) is 43.4 Å². The van der Waals surface area contributed by atoms with Crippen LogP contribution in [0.1, 0.15) is 78.6 Å². The van der Waals surface area contributed by atoms with Crippen molar-refractivity contribution < 1.29 is 15.0 Å². The molecule has 1 aliphatic carbocycles. The van der Waals surface area contributed by atoms with Crippen LogP contribution in [0.3, 0.4) is 0 Å². The van der Waals surface area contributed by atoms with E-state index < -0.39 is 12.2 Å². The number of carboxylic acids is 1. The molecular formula is C30H50N6O3. The van der Waals surface area contributed by atoms with Crippen molar-refractivity contribution in [2.75, 3.05) is 13.1 Å². The number of allylic oxidation sites excluding steroid dienone is 6. The number of carbonyl (C=O) groups is 1. The van der Waals surface area contributed by atoms with Crippen molar-refractivity contribution in [1.82, 2.24) is 21.0 Å². The highest BCUT2D eigenvalue weighted by Crippen LogP contribution is 2.29. The summed E-state index contributed by atoms with van der Waals surface area (Å²) in [6.07, 6.45) is 20.1. The van der Waals surface area contributed by atoms with Gasteiger partial charge in [0.2, 0.25) is 0 Å². The predicted octanol–water partition coefficient (Wildman–Crippen LogP) is 3.85. The lowest BCUT2D eigenvalue weighted by Crippen LogP contribution is -2.44. The predicted molar refractivity (Wildman–Crippen MR) is 158 cm³/mol. The minimum Gasteiger partial charge on any atom is -0.481 e. The number of hydrazine groups is 1. The number of aliphatic carboxylic acids is 1. The Labute approximate surface area is 234 Å². The fourth-order valence-corrected chi connectivity index (χ4v) is 4.85. The van der Waals surface area contributed by atoms with Gasteiger partial charge in [0.15, 0.2) is 0 Å². The molecule has 0 aromatic rings. The van der Waals surface area contributed by atoms with Gasteiger partial charge in [0.1, 0.15) is 6.23 Å². The molecule has 1 aliphatic heterocycles. The molecule has 0 bridgehead atoms. The van der Waals surface area contributed by atoms with Crippen LogP contribution >= 0.6 is 0 Å². The molecule has 0 amide bonds. The maximum atomic E-state index is 11.0. The Kier molecular flexibility index (Phi) is 14.7. The lowest BCUT2D eigenvalue weighted by atomic mass is 9.94. The number of nitrogens with two attached hydrogens (primary N) is 2. The number of nitrogens with one attached hydrogen (secondary N) is 3. The van der Waals surface area contributed by atoms with E-state index in [2.05, 4.69) is 47.2 Å². The molecule has 3 unspecified atom stereocenters. The van der Waals surface area contributed by atoms with E-state index in [9.17, 15) is 9.90 Å². The molecule has 0 fully saturated rings. The lowest BCUT2D eigenvalue weighted by molar-refractivity contribution is -0.137. The molecule has 0 aromatic heterocycles. The highest BCUT2D eigenvalue weighted by atomic mass is 16.4. The molecule has 2 rings (SSSR count). The van der Waals surface area contributed by atoms with Crippen LogP contribution in [0.5, 0.6) is 0 Å². The summed E-state index contributed by atoms with van der Waals surface area (Å²) in [7, 11) is 0. The molecular weight excluding hydrogens is 492 g/mol. The van der Waals surface area contributed by atoms with Gasteiger partial charge in [0.05, 0.1) is 11.4 Å². The van der Waals surface area contributed by atoms with Crippen LogP contribution in [0.25, 0.3) is 0 Å². The van der Waals surface area contributed by atoms with Gasteiger partial charge in [-0.15, -0.1) is 0 Å². The molecule has 39 heavy (non-hydrogen) atoms. The summed E-state index contributed by atoms with van der Waals surface area (Å²) in [6, 6.07) is 0.192. The largest absolute Gasteiger partial charge is 0.481 e. The van der Waals surface area contributed by atoms with E-state index in [1.54, 1.807) is 6.20 Å². The highest BCUT2D eigenvalue weighted by Gasteiger charge is 2.24. The van der Waals surface area contributed by atoms with Crippen molar-refractivity contribution in [3.8, 4) is 0 Å². The first kappa shape index (κ1) is 32.4. The van der Waals surface area contributed by atoms with Crippen LogP contribution in [-0.4, -0.2) is 46.6 Å². The molecule has 9 heteroatoms. The molecule has 9 nitrogen and oxygen atoms in total. The summed E-state index contributed by atoms with van der Waals surface area (Å²) < 4.78 is 0. The number of hydrogen-bond acceptors (Lipinski definition) is 8. The average molecular weight is 543 g/mol. The molecule has 0 spiro atoms. The Balaban J connectivity index is 2.03. The second-order valence-corrected chi connectivity index (χ2v) is 10.3. The first-order valence-electron chi connectivity index (χ1n) is 14.3. The number of rotatable bonds is 16. The van der Waals surface area contributed by atoms with E-state index in [1.807, 2.05) is 31.0 Å². The monoisotopic (exact) mass is 542 g/mol. The maximum Gasteiger partial charge on any atom is 0.303 e. The van der Waals surface area contributed by atoms with Gasteiger partial charge in [0.25, 0.3) is 0 Å². The number of aliphatic hydroxyl groups excluding tert-OH is 1. The van der Waals surface area contributed by atoms with Crippen molar-refractivity contribution in [2.24, 2.45) is 17.5 Å². The van der Waals surface area contributed by atoms with E-state index in [0.717, 1.165) is 66.9 Å². The molecule has 2 aliphatic rings. The van der Waals surface area contributed by atoms with Gasteiger partial charge in [0, 0.05) is 42.7 Å². The minimum atomic E-state index is -0.762. The zero-order valence-corrected chi connectivity index (χ0v) is 24.0. The summed E-state index contributed by atoms with van der Waals surface area (Å²) in [5, 5.41) is 32.0. The third-order valence-electron chi connectivity index (χ3n) is 7.19. The number of hydrogen-bond donors (Lipinski definition) is 7. The second kappa shape index (κ2) is 17.7. The van der Waals surface area contributed by atoms with Crippen molar-refractivity contribution in [3.63, 3.8) is 0 Å². The van der Waals surface area contributed by atoms with Crippen LogP contribution < -0.4 is 27.5 Å². The Morgan fingerprint density at radius 2 is 2.08 bits per heavy atom. The smallest absolute Gasteiger partial charge is 0.303 e. The first-order chi connectivity index (χ1) is 18.8. The summed E-state index contributed by atoms with van der Waals surface area (Å²) in [5.74, 6) is 5.72. The SMILES string of the molecule is C/C=C1/NC(C2C=CC=CCC2)=C(CCCCC(=O)O)N/C1=C/CC(O)NCCC(CC)N(N)C/C(C)=C\N. The minimum absolute atomic E-state index is 0.175. The van der Waals surface area contributed by atoms with Gasteiger partial charge >= 0.3 is 5.97 Å². The molecule has 0 saturated carbocycles. The van der Waals surface area contributed by atoms with Crippen LogP contribution in [0.15, 0.2) is 71.0 Å². The molecule has 1 heterocycles. The van der Waals surface area contributed by atoms with Crippen molar-refractivity contribution in [1.29, 1.82) is 0 Å². The standard InChI is InChI=1S/C30H50N6O3/c1-4-24(36(32)21-22(3)20-31)18-19-33-28(37)17-16-26-25(5-2)35-30(23-12-8-6-7-9-13-23)27(34-26)14-10-11-15-29(38)39/h5-8,12,16,20,23-24,28,33-35,37H,4,9-11,13-15,17-19,21,31-32H2,1-3H3,(H,38,39)/b22-20-,25-5+,26-16+. The summed E-state index contributed by atoms with van der Waals surface area (Å²) in [6.45, 7) is 7.33. The fraction of sp³-hybridized carbons (Fsp3) is 0.567. The fourth-order valence-electron chi connectivity index (χ4n) is 4.85. The van der Waals surface area contributed by atoms with E-state index in [0.29, 0.717) is 25.9 Å². The number of aliphatic hydroxyl groups is 1. The van der Waals surface area contributed by atoms with Gasteiger partial charge in [-0.2, -0.15) is 0 Å². The van der Waals surface area contributed by atoms with E-state index in [-0.39, 0.29) is 18.4 Å². The lowest BCUT2D eigenvalue weighted by Gasteiger charge is -2.32. The second-order valence-electron chi connectivity index (χ2n) is 10.3. The average Bonchev–Trinajstić information content (AvgIpc) is 3.21. The zero-order chi connectivity index (χ0) is 28.6. The normalized spacial score (nSPS) is 21.7. The number of nitrogens with zero attached hydrogens (tertiary/aromatic N) is 1. The van der Waals surface area contributed by atoms with Crippen molar-refractivity contribution in [3.05, 3.63) is 71.0 Å². The Morgan fingerprint density at radius 1 is 1.28 bits per heavy atom. The molecule has 9 N–H and O–H groups in total. The summed E-state index contributed by atoms with van der Waals surface area (Å²) in [5.41, 5.74) is 10.7. The third kappa shape index (κ3) is 11.4. The van der Waals surface area contributed by atoms with Crippen LogP contribution in [-0.2, 0) is 4.79 Å². The zero-order valence-electron chi connectivity index (χ0n) is 24.0. The van der Waals surface area contributed by atoms with Crippen molar-refractivity contribution >= 4 is 5.97 Å². The Bertz CT molecular complexity index is 966. The molecule has 0 radical (unpaired) electrons. The van der Waals surface area contributed by atoms with Gasteiger partial charge < -0.3 is 26.6 Å². The van der Waals surface area contributed by atoms with Gasteiger partial charge in [-0.25, -0.2) is 5.01 Å². The van der Waals surface area contributed by atoms with Crippen LogP contribution in [0.2, 0.25) is 0 Å². The molecule has 3 atom stereocenters. The quantitative estimate of drug-likeness (QED) is 0.0668. The van der Waals surface area contributed by atoms with E-state index in [1.165, 1.54) is 0 Å². The van der Waals surface area contributed by atoms with E-state index in [4.69, 9.17) is 16.7 Å². The summed E-state index contributed by atoms with van der Waals surface area (Å²) in [4.78, 5) is 11.0. The Hall–Kier alpha value is -2.85. The van der Waals surface area contributed by atoms with Crippen molar-refractivity contribution in [2.45, 2.75) is 90.8 Å². The molecule has 0 aromatic carbocycles. The summed E-state index contributed by atoms with van der Waals surface area (Å²) >= 11 is 0. The topological polar surface area (TPSA) is 149 Å². The van der Waals surface area contributed by atoms with Crippen LogP contribution in [0, 0.1) is 5.92 Å². The maximum absolute atomic E-state index is 11.0. The van der Waals surface area contributed by atoms with Gasteiger partial charge in [-0.3, -0.25) is 16.0 Å². The van der Waals surface area contributed by atoms with Gasteiger partial charge in [-0.05, 0) is 77.1 Å². The molecule has 218 valence electrons. The van der Waals surface area contributed by atoms with Crippen LogP contribution in [0.4, 0.5) is 0 Å².